The Morgan fingerprint density at radius 2 is 2.21 bits per heavy atom. The monoisotopic (exact) mass is 274 g/mol. The minimum absolute atomic E-state index is 0.536. The zero-order valence-electron chi connectivity index (χ0n) is 10.8. The van der Waals surface area contributed by atoms with Crippen molar-refractivity contribution >= 4 is 11.3 Å². The molecule has 1 aromatic heterocycles. The van der Waals surface area contributed by atoms with Crippen LogP contribution in [-0.2, 0) is 11.2 Å². The van der Waals surface area contributed by atoms with E-state index in [0.29, 0.717) is 6.04 Å². The molecule has 1 atom stereocenters. The van der Waals surface area contributed by atoms with E-state index in [4.69, 9.17) is 9.72 Å². The highest BCUT2D eigenvalue weighted by molar-refractivity contribution is 7.09. The summed E-state index contributed by atoms with van der Waals surface area (Å²) in [5.74, 6) is 0. The van der Waals surface area contributed by atoms with Gasteiger partial charge in [-0.15, -0.1) is 11.3 Å². The molecular weight excluding hydrogens is 256 g/mol. The SMILES string of the molecule is c1ccc(-c2csc(CCNC3CCOC3)n2)cc1. The standard InChI is InChI=1S/C15H18N2OS/c1-2-4-12(5-3-1)14-11-19-15(17-14)6-8-16-13-7-9-18-10-13/h1-5,11,13,16H,6-10H2. The summed E-state index contributed by atoms with van der Waals surface area (Å²) in [4.78, 5) is 4.69. The first kappa shape index (κ1) is 12.8. The Morgan fingerprint density at radius 1 is 1.32 bits per heavy atom. The summed E-state index contributed by atoms with van der Waals surface area (Å²) in [6.07, 6.45) is 2.13. The lowest BCUT2D eigenvalue weighted by Crippen LogP contribution is -2.30. The smallest absolute Gasteiger partial charge is 0.0945 e. The first-order valence-corrected chi connectivity index (χ1v) is 7.61. The van der Waals surface area contributed by atoms with E-state index in [0.717, 1.165) is 38.3 Å². The second-order valence-corrected chi connectivity index (χ2v) is 5.70. The van der Waals surface area contributed by atoms with Gasteiger partial charge in [0.2, 0.25) is 0 Å². The molecule has 2 aromatic rings. The fourth-order valence-electron chi connectivity index (χ4n) is 2.25. The van der Waals surface area contributed by atoms with Gasteiger partial charge in [-0.3, -0.25) is 0 Å². The van der Waals surface area contributed by atoms with Crippen LogP contribution in [0.25, 0.3) is 11.3 Å². The van der Waals surface area contributed by atoms with Crippen molar-refractivity contribution in [1.29, 1.82) is 0 Å². The van der Waals surface area contributed by atoms with Crippen molar-refractivity contribution < 1.29 is 4.74 Å². The van der Waals surface area contributed by atoms with Crippen molar-refractivity contribution in [2.75, 3.05) is 19.8 Å². The molecule has 1 unspecified atom stereocenters. The van der Waals surface area contributed by atoms with Gasteiger partial charge in [-0.1, -0.05) is 30.3 Å². The molecule has 0 saturated carbocycles. The Labute approximate surface area is 117 Å². The fourth-order valence-corrected chi connectivity index (χ4v) is 3.05. The molecule has 19 heavy (non-hydrogen) atoms. The van der Waals surface area contributed by atoms with Gasteiger partial charge in [0, 0.05) is 36.6 Å². The number of rotatable bonds is 5. The van der Waals surface area contributed by atoms with Gasteiger partial charge in [0.25, 0.3) is 0 Å². The van der Waals surface area contributed by atoms with E-state index < -0.39 is 0 Å². The molecule has 100 valence electrons. The molecule has 4 heteroatoms. The molecule has 0 bridgehead atoms. The van der Waals surface area contributed by atoms with Crippen LogP contribution in [0.15, 0.2) is 35.7 Å². The van der Waals surface area contributed by atoms with Crippen LogP contribution in [0.5, 0.6) is 0 Å². The van der Waals surface area contributed by atoms with Gasteiger partial charge in [0.1, 0.15) is 0 Å². The van der Waals surface area contributed by atoms with Gasteiger partial charge in [-0.25, -0.2) is 4.98 Å². The van der Waals surface area contributed by atoms with Crippen LogP contribution in [0.4, 0.5) is 0 Å². The molecule has 1 aromatic carbocycles. The normalized spacial score (nSPS) is 18.8. The molecule has 1 aliphatic heterocycles. The molecular formula is C15H18N2OS. The number of hydrogen-bond donors (Lipinski definition) is 1. The second kappa shape index (κ2) is 6.28. The quantitative estimate of drug-likeness (QED) is 0.910. The van der Waals surface area contributed by atoms with Crippen molar-refractivity contribution in [3.05, 3.63) is 40.7 Å². The lowest BCUT2D eigenvalue weighted by Gasteiger charge is -2.08. The average Bonchev–Trinajstić information content (AvgIpc) is 3.11. The molecule has 3 nitrogen and oxygen atoms in total. The minimum Gasteiger partial charge on any atom is -0.380 e. The van der Waals surface area contributed by atoms with E-state index in [1.54, 1.807) is 11.3 Å². The van der Waals surface area contributed by atoms with Gasteiger partial charge in [0.05, 0.1) is 17.3 Å². The summed E-state index contributed by atoms with van der Waals surface area (Å²) in [7, 11) is 0. The summed E-state index contributed by atoms with van der Waals surface area (Å²) in [6, 6.07) is 10.9. The number of aromatic nitrogens is 1. The average molecular weight is 274 g/mol. The fraction of sp³-hybridized carbons (Fsp3) is 0.400. The third kappa shape index (κ3) is 3.41. The first-order valence-electron chi connectivity index (χ1n) is 6.73. The van der Waals surface area contributed by atoms with Gasteiger partial charge in [-0.2, -0.15) is 0 Å². The van der Waals surface area contributed by atoms with Crippen molar-refractivity contribution in [3.63, 3.8) is 0 Å². The van der Waals surface area contributed by atoms with E-state index in [1.165, 1.54) is 10.6 Å². The Morgan fingerprint density at radius 3 is 3.00 bits per heavy atom. The summed E-state index contributed by atoms with van der Waals surface area (Å²) < 4.78 is 5.35. The minimum atomic E-state index is 0.536. The van der Waals surface area contributed by atoms with Crippen molar-refractivity contribution in [3.8, 4) is 11.3 Å². The molecule has 2 heterocycles. The number of thiazole rings is 1. The molecule has 1 saturated heterocycles. The molecule has 3 rings (SSSR count). The van der Waals surface area contributed by atoms with E-state index in [-0.39, 0.29) is 0 Å². The number of hydrogen-bond acceptors (Lipinski definition) is 4. The van der Waals surface area contributed by atoms with Gasteiger partial charge < -0.3 is 10.1 Å². The molecule has 1 aliphatic rings. The van der Waals surface area contributed by atoms with Crippen LogP contribution in [0.1, 0.15) is 11.4 Å². The maximum absolute atomic E-state index is 5.35. The summed E-state index contributed by atoms with van der Waals surface area (Å²) in [5.41, 5.74) is 2.28. The second-order valence-electron chi connectivity index (χ2n) is 4.76. The molecule has 1 N–H and O–H groups in total. The summed E-state index contributed by atoms with van der Waals surface area (Å²) in [6.45, 7) is 2.73. The van der Waals surface area contributed by atoms with E-state index in [2.05, 4.69) is 35.0 Å². The third-order valence-corrected chi connectivity index (χ3v) is 4.23. The molecule has 0 aliphatic carbocycles. The predicted octanol–water partition coefficient (Wildman–Crippen LogP) is 2.73. The van der Waals surface area contributed by atoms with Crippen LogP contribution in [0.2, 0.25) is 0 Å². The number of ether oxygens (including phenoxy) is 1. The van der Waals surface area contributed by atoms with E-state index >= 15 is 0 Å². The van der Waals surface area contributed by atoms with Gasteiger partial charge in [-0.05, 0) is 6.42 Å². The lowest BCUT2D eigenvalue weighted by atomic mass is 10.2. The largest absolute Gasteiger partial charge is 0.380 e. The van der Waals surface area contributed by atoms with E-state index in [9.17, 15) is 0 Å². The van der Waals surface area contributed by atoms with Gasteiger partial charge >= 0.3 is 0 Å². The molecule has 0 spiro atoms. The Bertz CT molecular complexity index is 506. The zero-order chi connectivity index (χ0) is 12.9. The summed E-state index contributed by atoms with van der Waals surface area (Å²) >= 11 is 1.74. The number of benzene rings is 1. The van der Waals surface area contributed by atoms with Crippen LogP contribution >= 0.6 is 11.3 Å². The van der Waals surface area contributed by atoms with E-state index in [1.807, 2.05) is 6.07 Å². The number of nitrogens with zero attached hydrogens (tertiary/aromatic N) is 1. The number of nitrogens with one attached hydrogen (secondary N) is 1. The first-order chi connectivity index (χ1) is 9.42. The third-order valence-electron chi connectivity index (χ3n) is 3.32. The lowest BCUT2D eigenvalue weighted by molar-refractivity contribution is 0.190. The van der Waals surface area contributed by atoms with Crippen molar-refractivity contribution in [2.45, 2.75) is 18.9 Å². The van der Waals surface area contributed by atoms with Crippen LogP contribution in [0, 0.1) is 0 Å². The van der Waals surface area contributed by atoms with Crippen molar-refractivity contribution in [2.24, 2.45) is 0 Å². The molecule has 0 amide bonds. The van der Waals surface area contributed by atoms with Crippen LogP contribution < -0.4 is 5.32 Å². The highest BCUT2D eigenvalue weighted by atomic mass is 32.1. The predicted molar refractivity (Wildman–Crippen MR) is 78.5 cm³/mol. The molecule has 0 radical (unpaired) electrons. The van der Waals surface area contributed by atoms with Crippen molar-refractivity contribution in [1.82, 2.24) is 10.3 Å². The Balaban J connectivity index is 1.53. The maximum atomic E-state index is 5.35. The summed E-state index contributed by atoms with van der Waals surface area (Å²) in [5, 5.41) is 6.86. The Hall–Kier alpha value is -1.23. The highest BCUT2D eigenvalue weighted by Crippen LogP contribution is 2.21. The van der Waals surface area contributed by atoms with Gasteiger partial charge in [0.15, 0.2) is 0 Å². The zero-order valence-corrected chi connectivity index (χ0v) is 11.7. The van der Waals surface area contributed by atoms with Crippen LogP contribution in [-0.4, -0.2) is 30.8 Å². The van der Waals surface area contributed by atoms with Crippen LogP contribution in [0.3, 0.4) is 0 Å². The Kier molecular flexibility index (Phi) is 4.23. The highest BCUT2D eigenvalue weighted by Gasteiger charge is 2.14. The maximum Gasteiger partial charge on any atom is 0.0945 e. The topological polar surface area (TPSA) is 34.1 Å². The molecule has 1 fully saturated rings.